The monoisotopic (exact) mass is 458 g/mol. The first-order valence-corrected chi connectivity index (χ1v) is 11.1. The standard InChI is InChI=1S/C24H27ClN2O5/c1-15-5-7-22(30-2)20(10-15)27-13-16(11-23(27)28)24(29)26-19-12-17(25)6-8-21(19)32-14-18-4-3-9-31-18/h5-8,10,12,16,18H,3-4,9,11,13-14H2,1-2H3,(H,26,29). The topological polar surface area (TPSA) is 77.1 Å². The Kier molecular flexibility index (Phi) is 6.86. The van der Waals surface area contributed by atoms with Gasteiger partial charge in [0.1, 0.15) is 18.1 Å². The van der Waals surface area contributed by atoms with Crippen molar-refractivity contribution < 1.29 is 23.8 Å². The van der Waals surface area contributed by atoms with Gasteiger partial charge in [-0.05, 0) is 55.7 Å². The molecule has 2 aliphatic heterocycles. The van der Waals surface area contributed by atoms with E-state index in [0.29, 0.717) is 34.5 Å². The van der Waals surface area contributed by atoms with Gasteiger partial charge in [0.05, 0.1) is 30.5 Å². The van der Waals surface area contributed by atoms with Crippen molar-refractivity contribution in [2.45, 2.75) is 32.3 Å². The highest BCUT2D eigenvalue weighted by molar-refractivity contribution is 6.31. The van der Waals surface area contributed by atoms with Gasteiger partial charge in [-0.25, -0.2) is 0 Å². The Labute approximate surface area is 192 Å². The highest BCUT2D eigenvalue weighted by atomic mass is 35.5. The van der Waals surface area contributed by atoms with Gasteiger partial charge in [0.2, 0.25) is 11.8 Å². The maximum Gasteiger partial charge on any atom is 0.229 e. The Bertz CT molecular complexity index is 1010. The molecule has 2 fully saturated rings. The predicted octanol–water partition coefficient (Wildman–Crippen LogP) is 4.21. The van der Waals surface area contributed by atoms with E-state index in [1.165, 1.54) is 0 Å². The lowest BCUT2D eigenvalue weighted by Gasteiger charge is -2.20. The molecule has 2 aromatic rings. The molecule has 0 aliphatic carbocycles. The zero-order valence-electron chi connectivity index (χ0n) is 18.2. The molecule has 2 heterocycles. The summed E-state index contributed by atoms with van der Waals surface area (Å²) in [5, 5.41) is 3.39. The zero-order valence-corrected chi connectivity index (χ0v) is 19.0. The van der Waals surface area contributed by atoms with Crippen molar-refractivity contribution in [3.05, 3.63) is 47.0 Å². The van der Waals surface area contributed by atoms with Crippen LogP contribution in [0.4, 0.5) is 11.4 Å². The molecule has 0 spiro atoms. The molecular weight excluding hydrogens is 432 g/mol. The van der Waals surface area contributed by atoms with E-state index in [2.05, 4.69) is 5.32 Å². The van der Waals surface area contributed by atoms with E-state index in [9.17, 15) is 9.59 Å². The predicted molar refractivity (Wildman–Crippen MR) is 123 cm³/mol. The number of nitrogens with one attached hydrogen (secondary N) is 1. The highest BCUT2D eigenvalue weighted by Crippen LogP contribution is 2.35. The summed E-state index contributed by atoms with van der Waals surface area (Å²) in [6.45, 7) is 3.38. The molecule has 2 aliphatic rings. The molecule has 8 heteroatoms. The van der Waals surface area contributed by atoms with Gasteiger partial charge in [-0.3, -0.25) is 9.59 Å². The average molecular weight is 459 g/mol. The van der Waals surface area contributed by atoms with Crippen LogP contribution in [-0.2, 0) is 14.3 Å². The quantitative estimate of drug-likeness (QED) is 0.672. The number of hydrogen-bond donors (Lipinski definition) is 1. The van der Waals surface area contributed by atoms with E-state index >= 15 is 0 Å². The highest BCUT2D eigenvalue weighted by Gasteiger charge is 2.36. The second-order valence-electron chi connectivity index (χ2n) is 8.16. The molecule has 2 unspecified atom stereocenters. The van der Waals surface area contributed by atoms with Gasteiger partial charge in [-0.15, -0.1) is 0 Å². The minimum atomic E-state index is -0.502. The van der Waals surface area contributed by atoms with Gasteiger partial charge < -0.3 is 24.4 Å². The number of amides is 2. The number of benzene rings is 2. The fraction of sp³-hybridized carbons (Fsp3) is 0.417. The minimum absolute atomic E-state index is 0.0551. The Balaban J connectivity index is 1.46. The van der Waals surface area contributed by atoms with Crippen molar-refractivity contribution in [1.29, 1.82) is 0 Å². The number of carbonyl (C=O) groups excluding carboxylic acids is 2. The first kappa shape index (κ1) is 22.4. The van der Waals surface area contributed by atoms with Crippen molar-refractivity contribution in [2.75, 3.05) is 37.1 Å². The molecule has 4 rings (SSSR count). The second-order valence-corrected chi connectivity index (χ2v) is 8.59. The third-order valence-corrected chi connectivity index (χ3v) is 6.00. The lowest BCUT2D eigenvalue weighted by molar-refractivity contribution is -0.122. The van der Waals surface area contributed by atoms with E-state index < -0.39 is 5.92 Å². The molecule has 0 radical (unpaired) electrons. The number of rotatable bonds is 7. The Morgan fingerprint density at radius 2 is 2.06 bits per heavy atom. The third-order valence-electron chi connectivity index (χ3n) is 5.77. The molecule has 2 amide bonds. The van der Waals surface area contributed by atoms with Crippen molar-refractivity contribution >= 4 is 34.8 Å². The van der Waals surface area contributed by atoms with Crippen LogP contribution in [0, 0.1) is 12.8 Å². The average Bonchev–Trinajstić information content (AvgIpc) is 3.43. The van der Waals surface area contributed by atoms with Crippen LogP contribution in [0.2, 0.25) is 5.02 Å². The number of methoxy groups -OCH3 is 1. The molecule has 2 aromatic carbocycles. The van der Waals surface area contributed by atoms with Crippen molar-refractivity contribution in [1.82, 2.24) is 0 Å². The second kappa shape index (κ2) is 9.79. The van der Waals surface area contributed by atoms with Gasteiger partial charge in [-0.2, -0.15) is 0 Å². The van der Waals surface area contributed by atoms with E-state index in [-0.39, 0.29) is 30.9 Å². The summed E-state index contributed by atoms with van der Waals surface area (Å²) < 4.78 is 16.9. The number of nitrogens with zero attached hydrogens (tertiary/aromatic N) is 1. The molecule has 0 saturated carbocycles. The largest absolute Gasteiger partial charge is 0.495 e. The van der Waals surface area contributed by atoms with Gasteiger partial charge in [0.25, 0.3) is 0 Å². The van der Waals surface area contributed by atoms with E-state index in [4.69, 9.17) is 25.8 Å². The zero-order chi connectivity index (χ0) is 22.7. The SMILES string of the molecule is COc1ccc(C)cc1N1CC(C(=O)Nc2cc(Cl)ccc2OCC2CCCO2)CC1=O. The molecule has 0 bridgehead atoms. The van der Waals surface area contributed by atoms with E-state index in [0.717, 1.165) is 25.0 Å². The molecule has 1 N–H and O–H groups in total. The molecular formula is C24H27ClN2O5. The van der Waals surface area contributed by atoms with Gasteiger partial charge >= 0.3 is 0 Å². The number of halogens is 1. The fourth-order valence-electron chi connectivity index (χ4n) is 4.05. The van der Waals surface area contributed by atoms with E-state index in [1.54, 1.807) is 30.2 Å². The summed E-state index contributed by atoms with van der Waals surface area (Å²) in [4.78, 5) is 27.4. The number of anilines is 2. The van der Waals surface area contributed by atoms with Crippen LogP contribution in [0.15, 0.2) is 36.4 Å². The first-order valence-electron chi connectivity index (χ1n) is 10.7. The van der Waals surface area contributed by atoms with Gasteiger partial charge in [-0.1, -0.05) is 17.7 Å². The number of carbonyl (C=O) groups is 2. The van der Waals surface area contributed by atoms with Crippen molar-refractivity contribution in [3.63, 3.8) is 0 Å². The first-order chi connectivity index (χ1) is 15.4. The van der Waals surface area contributed by atoms with Crippen molar-refractivity contribution in [2.24, 2.45) is 5.92 Å². The van der Waals surface area contributed by atoms with Crippen LogP contribution in [0.1, 0.15) is 24.8 Å². The summed E-state index contributed by atoms with van der Waals surface area (Å²) in [6.07, 6.45) is 2.16. The number of ether oxygens (including phenoxy) is 3. The Morgan fingerprint density at radius 3 is 2.81 bits per heavy atom. The lowest BCUT2D eigenvalue weighted by Crippen LogP contribution is -2.28. The summed E-state index contributed by atoms with van der Waals surface area (Å²) in [7, 11) is 1.57. The number of hydrogen-bond acceptors (Lipinski definition) is 5. The summed E-state index contributed by atoms with van der Waals surface area (Å²) in [6, 6.07) is 10.7. The van der Waals surface area contributed by atoms with E-state index in [1.807, 2.05) is 25.1 Å². The normalized spacial score (nSPS) is 20.5. The van der Waals surface area contributed by atoms with Crippen LogP contribution in [0.5, 0.6) is 11.5 Å². The smallest absolute Gasteiger partial charge is 0.229 e. The van der Waals surface area contributed by atoms with Gasteiger partial charge in [0, 0.05) is 24.6 Å². The molecule has 0 aromatic heterocycles. The molecule has 2 atom stereocenters. The van der Waals surface area contributed by atoms with Crippen molar-refractivity contribution in [3.8, 4) is 11.5 Å². The molecule has 170 valence electrons. The van der Waals surface area contributed by atoms with Crippen LogP contribution in [0.25, 0.3) is 0 Å². The summed E-state index contributed by atoms with van der Waals surface area (Å²) in [5.41, 5.74) is 2.17. The lowest BCUT2D eigenvalue weighted by atomic mass is 10.1. The fourth-order valence-corrected chi connectivity index (χ4v) is 4.22. The number of aryl methyl sites for hydroxylation is 1. The Morgan fingerprint density at radius 1 is 1.25 bits per heavy atom. The maximum atomic E-state index is 13.0. The molecule has 2 saturated heterocycles. The molecule has 32 heavy (non-hydrogen) atoms. The van der Waals surface area contributed by atoms with Crippen LogP contribution >= 0.6 is 11.6 Å². The Hall–Kier alpha value is -2.77. The molecule has 7 nitrogen and oxygen atoms in total. The summed E-state index contributed by atoms with van der Waals surface area (Å²) >= 11 is 6.15. The summed E-state index contributed by atoms with van der Waals surface area (Å²) in [5.74, 6) is 0.258. The van der Waals surface area contributed by atoms with Crippen LogP contribution < -0.4 is 19.7 Å². The van der Waals surface area contributed by atoms with Crippen LogP contribution in [0.3, 0.4) is 0 Å². The minimum Gasteiger partial charge on any atom is -0.495 e. The maximum absolute atomic E-state index is 13.0. The van der Waals surface area contributed by atoms with Gasteiger partial charge in [0.15, 0.2) is 0 Å². The van der Waals surface area contributed by atoms with Crippen LogP contribution in [-0.4, -0.2) is 44.8 Å². The third kappa shape index (κ3) is 5.00.